The molecule has 0 unspecified atom stereocenters. The van der Waals surface area contributed by atoms with E-state index in [2.05, 4.69) is 0 Å². The maximum Gasteiger partial charge on any atom is 0.287 e. The number of non-ortho nitro benzene ring substituents is 2. The van der Waals surface area contributed by atoms with Crippen molar-refractivity contribution in [3.8, 4) is 0 Å². The molecule has 1 aromatic carbocycles. The van der Waals surface area contributed by atoms with E-state index in [1.54, 1.807) is 0 Å². The van der Waals surface area contributed by atoms with E-state index in [4.69, 9.17) is 0 Å². The van der Waals surface area contributed by atoms with E-state index in [9.17, 15) is 24.6 Å². The summed E-state index contributed by atoms with van der Waals surface area (Å²) < 4.78 is 12.5. The van der Waals surface area contributed by atoms with Crippen molar-refractivity contribution in [2.24, 2.45) is 0 Å². The summed E-state index contributed by atoms with van der Waals surface area (Å²) in [5.74, 6) is -1.03. The molecule has 0 aliphatic carbocycles. The highest BCUT2D eigenvalue weighted by molar-refractivity contribution is 5.41. The molecule has 1 aromatic rings. The minimum atomic E-state index is -1.03. The predicted octanol–water partition coefficient (Wildman–Crippen LogP) is 1.44. The van der Waals surface area contributed by atoms with Gasteiger partial charge in [-0.2, -0.15) is 0 Å². The molecule has 0 aromatic heterocycles. The van der Waals surface area contributed by atoms with E-state index in [1.807, 2.05) is 6.07 Å². The smallest absolute Gasteiger partial charge is 0.258 e. The Kier molecular flexibility index (Phi) is 2.18. The monoisotopic (exact) mass is 185 g/mol. The molecule has 1 radical (unpaired) electrons. The molecule has 13 heavy (non-hydrogen) atoms. The number of nitrogens with zero attached hydrogens (tertiary/aromatic N) is 2. The second kappa shape index (κ2) is 3.13. The predicted molar refractivity (Wildman–Crippen MR) is 38.5 cm³/mol. The van der Waals surface area contributed by atoms with Gasteiger partial charge >= 0.3 is 0 Å². The summed E-state index contributed by atoms with van der Waals surface area (Å²) in [4.78, 5) is 18.3. The zero-order valence-corrected chi connectivity index (χ0v) is 6.06. The maximum atomic E-state index is 12.5. The first-order valence-corrected chi connectivity index (χ1v) is 3.02. The number of benzene rings is 1. The Morgan fingerprint density at radius 1 is 1.15 bits per heavy atom. The number of nitro groups is 2. The van der Waals surface area contributed by atoms with Crippen molar-refractivity contribution in [3.63, 3.8) is 0 Å². The molecule has 0 heterocycles. The van der Waals surface area contributed by atoms with E-state index in [1.165, 1.54) is 0 Å². The standard InChI is InChI=1S/C6H2FN2O4/c7-4-1-5(8(10)11)3-6(2-4)9(12)13/h1-2H. The third kappa shape index (κ3) is 1.95. The Morgan fingerprint density at radius 3 is 1.85 bits per heavy atom. The highest BCUT2D eigenvalue weighted by Gasteiger charge is 2.16. The van der Waals surface area contributed by atoms with Gasteiger partial charge < -0.3 is 0 Å². The molecule has 0 fully saturated rings. The molecule has 0 atom stereocenters. The molecule has 0 saturated carbocycles. The minimum absolute atomic E-state index is 0.562. The van der Waals surface area contributed by atoms with Crippen LogP contribution in [0.25, 0.3) is 0 Å². The van der Waals surface area contributed by atoms with E-state index < -0.39 is 27.0 Å². The number of hydrogen-bond acceptors (Lipinski definition) is 4. The molecule has 1 rings (SSSR count). The van der Waals surface area contributed by atoms with E-state index in [0.29, 0.717) is 12.1 Å². The van der Waals surface area contributed by atoms with Gasteiger partial charge in [0, 0.05) is 0 Å². The number of halogens is 1. The molecule has 0 aliphatic heterocycles. The summed E-state index contributed by atoms with van der Waals surface area (Å²) in [7, 11) is 0. The molecular weight excluding hydrogens is 183 g/mol. The Morgan fingerprint density at radius 2 is 1.54 bits per heavy atom. The lowest BCUT2D eigenvalue weighted by Crippen LogP contribution is -1.94. The van der Waals surface area contributed by atoms with Gasteiger partial charge in [-0.3, -0.25) is 20.2 Å². The molecular formula is C6H2FN2O4. The Labute approximate surface area is 70.9 Å². The number of hydrogen-bond donors (Lipinski definition) is 0. The summed E-state index contributed by atoms with van der Waals surface area (Å²) >= 11 is 0. The van der Waals surface area contributed by atoms with Crippen LogP contribution in [0.5, 0.6) is 0 Å². The Hall–Kier alpha value is -2.05. The Bertz CT molecular complexity index is 347. The summed E-state index contributed by atoms with van der Waals surface area (Å²) in [5.41, 5.74) is -1.52. The van der Waals surface area contributed by atoms with Crippen LogP contribution in [0.2, 0.25) is 0 Å². The van der Waals surface area contributed by atoms with Crippen molar-refractivity contribution >= 4 is 11.4 Å². The van der Waals surface area contributed by atoms with Crippen LogP contribution in [-0.2, 0) is 0 Å². The molecule has 6 nitrogen and oxygen atoms in total. The second-order valence-electron chi connectivity index (χ2n) is 2.08. The quantitative estimate of drug-likeness (QED) is 0.515. The van der Waals surface area contributed by atoms with Gasteiger partial charge in [0.2, 0.25) is 0 Å². The fourth-order valence-corrected chi connectivity index (χ4v) is 0.703. The van der Waals surface area contributed by atoms with Gasteiger partial charge in [0.1, 0.15) is 5.82 Å². The van der Waals surface area contributed by atoms with Gasteiger partial charge in [0.05, 0.1) is 22.0 Å². The summed E-state index contributed by atoms with van der Waals surface area (Å²) in [5, 5.41) is 20.2. The van der Waals surface area contributed by atoms with Crippen LogP contribution in [0.1, 0.15) is 0 Å². The molecule has 67 valence electrons. The molecule has 0 bridgehead atoms. The Balaban J connectivity index is 3.26. The zero-order chi connectivity index (χ0) is 10.0. The topological polar surface area (TPSA) is 86.3 Å². The summed E-state index contributed by atoms with van der Waals surface area (Å²) in [6.07, 6.45) is 0. The van der Waals surface area contributed by atoms with Crippen LogP contribution in [0, 0.1) is 32.1 Å². The lowest BCUT2D eigenvalue weighted by molar-refractivity contribution is -0.395. The average molecular weight is 185 g/mol. The van der Waals surface area contributed by atoms with Gasteiger partial charge in [-0.15, -0.1) is 0 Å². The van der Waals surface area contributed by atoms with Crippen LogP contribution in [0.4, 0.5) is 15.8 Å². The summed E-state index contributed by atoms with van der Waals surface area (Å²) in [6, 6.07) is 2.97. The van der Waals surface area contributed by atoms with Crippen LogP contribution in [0.15, 0.2) is 12.1 Å². The lowest BCUT2D eigenvalue weighted by atomic mass is 10.3. The van der Waals surface area contributed by atoms with Gasteiger partial charge in [0.15, 0.2) is 6.07 Å². The highest BCUT2D eigenvalue weighted by atomic mass is 19.1. The van der Waals surface area contributed by atoms with Crippen LogP contribution in [0.3, 0.4) is 0 Å². The fraction of sp³-hybridized carbons (Fsp3) is 0. The normalized spacial score (nSPS) is 9.62. The third-order valence-electron chi connectivity index (χ3n) is 1.20. The van der Waals surface area contributed by atoms with Crippen molar-refractivity contribution in [1.29, 1.82) is 0 Å². The van der Waals surface area contributed by atoms with Crippen molar-refractivity contribution < 1.29 is 14.2 Å². The number of rotatable bonds is 2. The third-order valence-corrected chi connectivity index (χ3v) is 1.20. The molecule has 0 spiro atoms. The number of nitro benzene ring substituents is 2. The largest absolute Gasteiger partial charge is 0.287 e. The molecule has 0 amide bonds. The average Bonchev–Trinajstić information content (AvgIpc) is 2.03. The molecule has 0 aliphatic rings. The zero-order valence-electron chi connectivity index (χ0n) is 6.06. The van der Waals surface area contributed by atoms with Gasteiger partial charge in [-0.05, 0) is 0 Å². The molecule has 0 saturated heterocycles. The SMILES string of the molecule is O=[N+]([O-])c1[c]c([N+](=O)[O-])cc(F)c1. The second-order valence-corrected chi connectivity index (χ2v) is 2.08. The van der Waals surface area contributed by atoms with E-state index in [0.717, 1.165) is 0 Å². The van der Waals surface area contributed by atoms with Crippen LogP contribution < -0.4 is 0 Å². The lowest BCUT2D eigenvalue weighted by Gasteiger charge is -1.92. The first-order chi connectivity index (χ1) is 6.00. The first-order valence-electron chi connectivity index (χ1n) is 3.02. The fourth-order valence-electron chi connectivity index (χ4n) is 0.703. The maximum absolute atomic E-state index is 12.5. The minimum Gasteiger partial charge on any atom is -0.258 e. The molecule has 0 N–H and O–H groups in total. The van der Waals surface area contributed by atoms with Gasteiger partial charge in [-0.1, -0.05) is 0 Å². The summed E-state index contributed by atoms with van der Waals surface area (Å²) in [6.45, 7) is 0. The van der Waals surface area contributed by atoms with Crippen molar-refractivity contribution in [1.82, 2.24) is 0 Å². The van der Waals surface area contributed by atoms with Gasteiger partial charge in [0.25, 0.3) is 11.4 Å². The van der Waals surface area contributed by atoms with Crippen molar-refractivity contribution in [2.45, 2.75) is 0 Å². The molecule has 7 heteroatoms. The van der Waals surface area contributed by atoms with Crippen molar-refractivity contribution in [3.05, 3.63) is 44.2 Å². The highest BCUT2D eigenvalue weighted by Crippen LogP contribution is 2.20. The van der Waals surface area contributed by atoms with Gasteiger partial charge in [-0.25, -0.2) is 4.39 Å². The van der Waals surface area contributed by atoms with Crippen LogP contribution >= 0.6 is 0 Å². The van der Waals surface area contributed by atoms with E-state index >= 15 is 0 Å². The first kappa shape index (κ1) is 9.04. The van der Waals surface area contributed by atoms with E-state index in [-0.39, 0.29) is 0 Å². The van der Waals surface area contributed by atoms with Crippen molar-refractivity contribution in [2.75, 3.05) is 0 Å². The van der Waals surface area contributed by atoms with Crippen LogP contribution in [-0.4, -0.2) is 9.85 Å².